The van der Waals surface area contributed by atoms with Crippen molar-refractivity contribution in [2.75, 3.05) is 20.3 Å². The van der Waals surface area contributed by atoms with Crippen molar-refractivity contribution in [3.8, 4) is 0 Å². The first-order valence-corrected chi connectivity index (χ1v) is 5.74. The summed E-state index contributed by atoms with van der Waals surface area (Å²) in [5, 5.41) is 3.17. The van der Waals surface area contributed by atoms with E-state index in [2.05, 4.69) is 15.3 Å². The summed E-state index contributed by atoms with van der Waals surface area (Å²) in [6.07, 6.45) is 0. The first kappa shape index (κ1) is 13.9. The number of hydrogen-bond acceptors (Lipinski definition) is 4. The summed E-state index contributed by atoms with van der Waals surface area (Å²) in [4.78, 5) is 18.7. The minimum absolute atomic E-state index is 0.103. The van der Waals surface area contributed by atoms with Gasteiger partial charge in [-0.15, -0.1) is 0 Å². The topological polar surface area (TPSA) is 67.0 Å². The van der Waals surface area contributed by atoms with E-state index in [1.54, 1.807) is 7.11 Å². The second-order valence-electron chi connectivity index (χ2n) is 5.00. The summed E-state index contributed by atoms with van der Waals surface area (Å²) < 4.78 is 4.93. The maximum absolute atomic E-state index is 11.5. The van der Waals surface area contributed by atoms with Crippen molar-refractivity contribution in [1.29, 1.82) is 0 Å². The lowest BCUT2D eigenvalue weighted by atomic mass is 9.95. The molecule has 0 radical (unpaired) electrons. The van der Waals surface area contributed by atoms with E-state index in [4.69, 9.17) is 4.74 Å². The monoisotopic (exact) mass is 239 g/mol. The fraction of sp³-hybridized carbons (Fsp3) is 0.667. The molecule has 0 aliphatic rings. The molecule has 96 valence electrons. The Bertz CT molecular complexity index is 407. The second kappa shape index (κ2) is 5.93. The SMILES string of the molecule is COCCNCc1cc(=O)[nH]c(C(C)(C)C)n1. The van der Waals surface area contributed by atoms with Crippen molar-refractivity contribution < 1.29 is 4.74 Å². The van der Waals surface area contributed by atoms with Crippen molar-refractivity contribution in [2.45, 2.75) is 32.7 Å². The summed E-state index contributed by atoms with van der Waals surface area (Å²) in [5.74, 6) is 0.716. The van der Waals surface area contributed by atoms with Crippen molar-refractivity contribution in [1.82, 2.24) is 15.3 Å². The number of H-pyrrole nitrogens is 1. The molecule has 0 aliphatic heterocycles. The molecule has 0 amide bonds. The van der Waals surface area contributed by atoms with Gasteiger partial charge in [0.1, 0.15) is 5.82 Å². The second-order valence-corrected chi connectivity index (χ2v) is 5.00. The van der Waals surface area contributed by atoms with E-state index < -0.39 is 0 Å². The van der Waals surface area contributed by atoms with Gasteiger partial charge in [-0.25, -0.2) is 4.98 Å². The standard InChI is InChI=1S/C12H21N3O2/c1-12(2,3)11-14-9(7-10(16)15-11)8-13-5-6-17-4/h7,13H,5-6,8H2,1-4H3,(H,14,15,16). The molecule has 17 heavy (non-hydrogen) atoms. The number of aromatic amines is 1. The Morgan fingerprint density at radius 2 is 2.18 bits per heavy atom. The van der Waals surface area contributed by atoms with Crippen LogP contribution in [0.1, 0.15) is 32.3 Å². The first-order valence-electron chi connectivity index (χ1n) is 5.74. The minimum Gasteiger partial charge on any atom is -0.383 e. The van der Waals surface area contributed by atoms with Crippen LogP contribution in [0, 0.1) is 0 Å². The lowest BCUT2D eigenvalue weighted by molar-refractivity contribution is 0.199. The summed E-state index contributed by atoms with van der Waals surface area (Å²) in [7, 11) is 1.66. The molecule has 0 unspecified atom stereocenters. The average Bonchev–Trinajstić information content (AvgIpc) is 2.22. The predicted octanol–water partition coefficient (Wildman–Crippen LogP) is 0.803. The van der Waals surface area contributed by atoms with Gasteiger partial charge >= 0.3 is 0 Å². The number of hydrogen-bond donors (Lipinski definition) is 2. The van der Waals surface area contributed by atoms with Crippen molar-refractivity contribution in [2.24, 2.45) is 0 Å². The Kier molecular flexibility index (Phi) is 4.84. The van der Waals surface area contributed by atoms with Crippen molar-refractivity contribution in [3.05, 3.63) is 27.9 Å². The molecular formula is C12H21N3O2. The van der Waals surface area contributed by atoms with Crippen LogP contribution in [0.25, 0.3) is 0 Å². The third-order valence-corrected chi connectivity index (χ3v) is 2.29. The molecule has 5 heteroatoms. The number of nitrogens with zero attached hydrogens (tertiary/aromatic N) is 1. The Hall–Kier alpha value is -1.20. The van der Waals surface area contributed by atoms with Crippen LogP contribution in [0.3, 0.4) is 0 Å². The maximum atomic E-state index is 11.5. The molecule has 0 saturated heterocycles. The quantitative estimate of drug-likeness (QED) is 0.746. The van der Waals surface area contributed by atoms with E-state index in [-0.39, 0.29) is 11.0 Å². The molecule has 0 bridgehead atoms. The summed E-state index contributed by atoms with van der Waals surface area (Å²) in [5.41, 5.74) is 0.505. The van der Waals surface area contributed by atoms with E-state index in [1.807, 2.05) is 20.8 Å². The first-order chi connectivity index (χ1) is 7.93. The lowest BCUT2D eigenvalue weighted by Crippen LogP contribution is -2.25. The molecule has 5 nitrogen and oxygen atoms in total. The molecule has 0 aliphatic carbocycles. The van der Waals surface area contributed by atoms with Gasteiger partial charge in [-0.05, 0) is 0 Å². The summed E-state index contributed by atoms with van der Waals surface area (Å²) in [6, 6.07) is 1.52. The molecule has 1 aromatic rings. The normalized spacial score (nSPS) is 11.8. The van der Waals surface area contributed by atoms with Crippen LogP contribution in [-0.2, 0) is 16.7 Å². The van der Waals surface area contributed by atoms with Gasteiger partial charge in [0.05, 0.1) is 12.3 Å². The van der Waals surface area contributed by atoms with E-state index in [9.17, 15) is 4.79 Å². The zero-order chi connectivity index (χ0) is 12.9. The molecule has 1 aromatic heterocycles. The Balaban J connectivity index is 2.73. The maximum Gasteiger partial charge on any atom is 0.251 e. The summed E-state index contributed by atoms with van der Waals surface area (Å²) in [6.45, 7) is 8.04. The van der Waals surface area contributed by atoms with Crippen LogP contribution in [0.5, 0.6) is 0 Å². The molecule has 0 saturated carbocycles. The highest BCUT2D eigenvalue weighted by Gasteiger charge is 2.17. The van der Waals surface area contributed by atoms with Gasteiger partial charge in [-0.3, -0.25) is 4.79 Å². The van der Waals surface area contributed by atoms with E-state index in [0.29, 0.717) is 19.0 Å². The number of nitrogens with one attached hydrogen (secondary N) is 2. The Morgan fingerprint density at radius 3 is 2.76 bits per heavy atom. The van der Waals surface area contributed by atoms with Crippen LogP contribution >= 0.6 is 0 Å². The van der Waals surface area contributed by atoms with E-state index >= 15 is 0 Å². The molecule has 0 spiro atoms. The van der Waals surface area contributed by atoms with E-state index in [0.717, 1.165) is 12.2 Å². The molecule has 0 atom stereocenters. The average molecular weight is 239 g/mol. The smallest absolute Gasteiger partial charge is 0.251 e. The highest BCUT2D eigenvalue weighted by atomic mass is 16.5. The third kappa shape index (κ3) is 4.66. The Morgan fingerprint density at radius 1 is 1.47 bits per heavy atom. The number of rotatable bonds is 5. The van der Waals surface area contributed by atoms with Crippen LogP contribution in [0.4, 0.5) is 0 Å². The third-order valence-electron chi connectivity index (χ3n) is 2.29. The van der Waals surface area contributed by atoms with Gasteiger partial charge in [0.2, 0.25) is 0 Å². The highest BCUT2D eigenvalue weighted by Crippen LogP contribution is 2.16. The number of ether oxygens (including phenoxy) is 1. The largest absolute Gasteiger partial charge is 0.383 e. The fourth-order valence-electron chi connectivity index (χ4n) is 1.34. The van der Waals surface area contributed by atoms with Crippen LogP contribution in [-0.4, -0.2) is 30.2 Å². The van der Waals surface area contributed by atoms with Crippen LogP contribution < -0.4 is 10.9 Å². The summed E-state index contributed by atoms with van der Waals surface area (Å²) >= 11 is 0. The predicted molar refractivity (Wildman–Crippen MR) is 67.1 cm³/mol. The van der Waals surface area contributed by atoms with Crippen molar-refractivity contribution in [3.63, 3.8) is 0 Å². The highest BCUT2D eigenvalue weighted by molar-refractivity contribution is 5.08. The van der Waals surface area contributed by atoms with Crippen LogP contribution in [0.15, 0.2) is 10.9 Å². The van der Waals surface area contributed by atoms with E-state index in [1.165, 1.54) is 6.07 Å². The number of methoxy groups -OCH3 is 1. The van der Waals surface area contributed by atoms with Gasteiger partial charge < -0.3 is 15.0 Å². The lowest BCUT2D eigenvalue weighted by Gasteiger charge is -2.17. The Labute approximate surface area is 102 Å². The van der Waals surface area contributed by atoms with Gasteiger partial charge in [0.25, 0.3) is 5.56 Å². The fourth-order valence-corrected chi connectivity index (χ4v) is 1.34. The minimum atomic E-state index is -0.151. The zero-order valence-electron chi connectivity index (χ0n) is 11.0. The molecule has 1 rings (SSSR count). The molecule has 2 N–H and O–H groups in total. The van der Waals surface area contributed by atoms with Gasteiger partial charge in [0.15, 0.2) is 0 Å². The van der Waals surface area contributed by atoms with Crippen molar-refractivity contribution >= 4 is 0 Å². The van der Waals surface area contributed by atoms with Gasteiger partial charge in [-0.1, -0.05) is 20.8 Å². The molecule has 0 fully saturated rings. The van der Waals surface area contributed by atoms with Gasteiger partial charge in [0, 0.05) is 31.7 Å². The molecule has 0 aromatic carbocycles. The molecular weight excluding hydrogens is 218 g/mol. The number of aromatic nitrogens is 2. The van der Waals surface area contributed by atoms with Crippen LogP contribution in [0.2, 0.25) is 0 Å². The van der Waals surface area contributed by atoms with Gasteiger partial charge in [-0.2, -0.15) is 0 Å². The molecule has 1 heterocycles. The zero-order valence-corrected chi connectivity index (χ0v) is 11.0.